The molecule has 1 saturated carbocycles. The molecule has 0 aromatic rings. The number of aliphatic hydroxyl groups is 1. The molecular weight excluding hydrogens is 292 g/mol. The number of hydrogen-bond donors (Lipinski definition) is 1. The Morgan fingerprint density at radius 1 is 1.10 bits per heavy atom. The molecule has 1 aliphatic heterocycles. The number of hydrogen-bond acceptors (Lipinski definition) is 2. The van der Waals surface area contributed by atoms with Gasteiger partial charge in [-0.1, -0.05) is 49.5 Å². The van der Waals surface area contributed by atoms with Crippen molar-refractivity contribution in [2.75, 3.05) is 6.61 Å². The maximum atomic E-state index is 9.11. The van der Waals surface area contributed by atoms with Crippen molar-refractivity contribution in [1.82, 2.24) is 0 Å². The minimum atomic E-state index is -1.37. The van der Waals surface area contributed by atoms with Crippen LogP contribution in [0.5, 0.6) is 0 Å². The third-order valence-corrected chi connectivity index (χ3v) is 16.4. The van der Waals surface area contributed by atoms with E-state index in [1.54, 1.807) is 4.82 Å². The molecule has 1 aliphatic carbocycles. The normalized spacial score (nSPS) is 29.1. The Morgan fingerprint density at radius 3 is 2.38 bits per heavy atom. The van der Waals surface area contributed by atoms with Gasteiger partial charge in [-0.05, 0) is 31.6 Å². The van der Waals surface area contributed by atoms with Crippen LogP contribution in [0.25, 0.3) is 0 Å². The van der Waals surface area contributed by atoms with Crippen molar-refractivity contribution in [3.8, 4) is 0 Å². The Kier molecular flexibility index (Phi) is 5.56. The fourth-order valence-electron chi connectivity index (χ4n) is 4.05. The van der Waals surface area contributed by atoms with Gasteiger partial charge in [0, 0.05) is 6.61 Å². The average molecular weight is 327 g/mol. The highest BCUT2D eigenvalue weighted by Crippen LogP contribution is 2.42. The van der Waals surface area contributed by atoms with Crippen LogP contribution in [-0.4, -0.2) is 40.1 Å². The van der Waals surface area contributed by atoms with Crippen molar-refractivity contribution < 1.29 is 9.84 Å². The van der Waals surface area contributed by atoms with E-state index in [2.05, 4.69) is 32.8 Å². The number of rotatable bonds is 8. The fourth-order valence-corrected chi connectivity index (χ4v) is 14.9. The Bertz CT molecular complexity index is 379. The van der Waals surface area contributed by atoms with Crippen molar-refractivity contribution >= 4 is 16.1 Å². The minimum Gasteiger partial charge on any atom is -0.396 e. The number of ether oxygens (including phenoxy) is 1. The smallest absolute Gasteiger partial charge is 0.0844 e. The number of fused-ring (bicyclic) bond motifs is 1. The predicted molar refractivity (Wildman–Crippen MR) is 96.0 cm³/mol. The first-order valence-corrected chi connectivity index (χ1v) is 15.1. The van der Waals surface area contributed by atoms with Crippen molar-refractivity contribution in [2.45, 2.75) is 82.6 Å². The predicted octanol–water partition coefficient (Wildman–Crippen LogP) is 4.38. The summed E-state index contributed by atoms with van der Waals surface area (Å²) < 4.78 is 5.66. The zero-order valence-electron chi connectivity index (χ0n) is 14.5. The summed E-state index contributed by atoms with van der Waals surface area (Å²) in [6.07, 6.45) is 7.57. The lowest BCUT2D eigenvalue weighted by Crippen LogP contribution is -2.44. The molecule has 122 valence electrons. The Morgan fingerprint density at radius 2 is 1.76 bits per heavy atom. The van der Waals surface area contributed by atoms with Gasteiger partial charge in [-0.25, -0.2) is 0 Å². The molecule has 0 spiro atoms. The Hall–Kier alpha value is 0.0938. The monoisotopic (exact) mass is 326 g/mol. The van der Waals surface area contributed by atoms with Crippen molar-refractivity contribution in [3.63, 3.8) is 0 Å². The minimum absolute atomic E-state index is 0.330. The van der Waals surface area contributed by atoms with E-state index >= 15 is 0 Å². The van der Waals surface area contributed by atoms with E-state index in [1.807, 2.05) is 0 Å². The van der Waals surface area contributed by atoms with Crippen LogP contribution in [0, 0.1) is 5.92 Å². The molecule has 0 radical (unpaired) electrons. The molecule has 0 aromatic carbocycles. The molecule has 2 nitrogen and oxygen atoms in total. The zero-order valence-corrected chi connectivity index (χ0v) is 16.5. The van der Waals surface area contributed by atoms with Crippen molar-refractivity contribution in [1.29, 1.82) is 0 Å². The first-order chi connectivity index (χ1) is 9.76. The summed E-state index contributed by atoms with van der Waals surface area (Å²) in [5.74, 6) is 0.899. The second-order valence-electron chi connectivity index (χ2n) is 8.50. The standard InChI is InChI=1S/C17H34O2Si2/c1-14(20(2,3)11-6-10-18)21(4,5)12-9-15-7-8-16-17(13-15)19-16/h15-18H,1,6-13H2,2-5H3. The third kappa shape index (κ3) is 4.53. The molecule has 0 amide bonds. The van der Waals surface area contributed by atoms with Gasteiger partial charge >= 0.3 is 0 Å². The third-order valence-electron chi connectivity index (χ3n) is 5.88. The SMILES string of the molecule is C=C([Si](C)(C)CCCO)[Si](C)(C)CCC1CCC2OC2C1. The topological polar surface area (TPSA) is 32.8 Å². The molecule has 2 fully saturated rings. The molecule has 2 aliphatic rings. The van der Waals surface area contributed by atoms with E-state index in [0.29, 0.717) is 18.8 Å². The summed E-state index contributed by atoms with van der Waals surface area (Å²) in [4.78, 5) is 1.62. The van der Waals surface area contributed by atoms with E-state index in [9.17, 15) is 0 Å². The summed E-state index contributed by atoms with van der Waals surface area (Å²) in [7, 11) is -2.71. The average Bonchev–Trinajstić information content (AvgIpc) is 3.20. The maximum Gasteiger partial charge on any atom is 0.0844 e. The number of aliphatic hydroxyl groups excluding tert-OH is 1. The van der Waals surface area contributed by atoms with Crippen LogP contribution in [0.3, 0.4) is 0 Å². The van der Waals surface area contributed by atoms with Gasteiger partial charge in [-0.15, -0.1) is 6.58 Å². The first-order valence-electron chi connectivity index (χ1n) is 8.72. The van der Waals surface area contributed by atoms with Gasteiger partial charge in [-0.2, -0.15) is 0 Å². The molecule has 3 unspecified atom stereocenters. The van der Waals surface area contributed by atoms with Crippen LogP contribution in [0.1, 0.15) is 32.1 Å². The highest BCUT2D eigenvalue weighted by Gasteiger charge is 2.44. The lowest BCUT2D eigenvalue weighted by atomic mass is 9.87. The molecule has 1 saturated heterocycles. The van der Waals surface area contributed by atoms with Crippen molar-refractivity contribution in [3.05, 3.63) is 11.4 Å². The fraction of sp³-hybridized carbons (Fsp3) is 0.882. The summed E-state index contributed by atoms with van der Waals surface area (Å²) in [6.45, 7) is 14.8. The second kappa shape index (κ2) is 6.69. The van der Waals surface area contributed by atoms with Crippen LogP contribution >= 0.6 is 0 Å². The van der Waals surface area contributed by atoms with Crippen LogP contribution in [-0.2, 0) is 4.74 Å². The molecular formula is C17H34O2Si2. The largest absolute Gasteiger partial charge is 0.396 e. The summed E-state index contributed by atoms with van der Waals surface area (Å²) in [5, 5.41) is 9.11. The summed E-state index contributed by atoms with van der Waals surface area (Å²) >= 11 is 0. The molecule has 3 atom stereocenters. The van der Waals surface area contributed by atoms with Gasteiger partial charge in [0.2, 0.25) is 0 Å². The van der Waals surface area contributed by atoms with Gasteiger partial charge < -0.3 is 9.84 Å². The van der Waals surface area contributed by atoms with E-state index in [4.69, 9.17) is 9.84 Å². The molecule has 0 aromatic heterocycles. The molecule has 1 heterocycles. The Balaban J connectivity index is 1.83. The van der Waals surface area contributed by atoms with Gasteiger partial charge in [0.15, 0.2) is 0 Å². The zero-order chi connectivity index (χ0) is 15.7. The van der Waals surface area contributed by atoms with Crippen LogP contribution in [0.4, 0.5) is 0 Å². The van der Waals surface area contributed by atoms with E-state index in [0.717, 1.165) is 12.3 Å². The molecule has 2 rings (SSSR count). The van der Waals surface area contributed by atoms with Crippen molar-refractivity contribution in [2.24, 2.45) is 5.92 Å². The van der Waals surface area contributed by atoms with E-state index < -0.39 is 16.1 Å². The van der Waals surface area contributed by atoms with Crippen LogP contribution in [0.2, 0.25) is 38.3 Å². The van der Waals surface area contributed by atoms with E-state index in [1.165, 1.54) is 37.8 Å². The molecule has 4 heteroatoms. The highest BCUT2D eigenvalue weighted by molar-refractivity contribution is 7.05. The summed E-state index contributed by atoms with van der Waals surface area (Å²) in [5.41, 5.74) is 0. The first kappa shape index (κ1) is 17.4. The second-order valence-corrected chi connectivity index (χ2v) is 18.7. The lowest BCUT2D eigenvalue weighted by Gasteiger charge is -2.37. The maximum absolute atomic E-state index is 9.11. The lowest BCUT2D eigenvalue weighted by molar-refractivity contribution is 0.294. The molecule has 21 heavy (non-hydrogen) atoms. The highest BCUT2D eigenvalue weighted by atomic mass is 28.4. The molecule has 1 N–H and O–H groups in total. The summed E-state index contributed by atoms with van der Waals surface area (Å²) in [6, 6.07) is 2.59. The van der Waals surface area contributed by atoms with Gasteiger partial charge in [0.05, 0.1) is 28.4 Å². The number of epoxide rings is 1. The Labute approximate surface area is 133 Å². The van der Waals surface area contributed by atoms with Gasteiger partial charge in [0.1, 0.15) is 0 Å². The quantitative estimate of drug-likeness (QED) is 0.530. The van der Waals surface area contributed by atoms with Gasteiger partial charge in [-0.3, -0.25) is 0 Å². The van der Waals surface area contributed by atoms with Crippen LogP contribution in [0.15, 0.2) is 11.4 Å². The van der Waals surface area contributed by atoms with Crippen LogP contribution < -0.4 is 0 Å². The van der Waals surface area contributed by atoms with Gasteiger partial charge in [0.25, 0.3) is 0 Å². The molecule has 0 bridgehead atoms. The van der Waals surface area contributed by atoms with E-state index in [-0.39, 0.29) is 0 Å².